The summed E-state index contributed by atoms with van der Waals surface area (Å²) in [7, 11) is 0. The molecule has 7 heteroatoms. The predicted molar refractivity (Wildman–Crippen MR) is 63.7 cm³/mol. The van der Waals surface area contributed by atoms with Gasteiger partial charge in [-0.05, 0) is 17.5 Å². The second-order valence-electron chi connectivity index (χ2n) is 3.84. The minimum atomic E-state index is -1.17. The number of phenolic OH excluding ortho intramolecular Hbond substituents is 2. The molecule has 5 N–H and O–H groups in total. The molecule has 0 aromatic heterocycles. The van der Waals surface area contributed by atoms with Crippen LogP contribution in [0.1, 0.15) is 10.4 Å². The van der Waals surface area contributed by atoms with E-state index < -0.39 is 39.8 Å². The number of benzene rings is 1. The van der Waals surface area contributed by atoms with Gasteiger partial charge >= 0.3 is 0 Å². The molecule has 0 aliphatic rings. The lowest BCUT2D eigenvalue weighted by atomic mass is 10.1. The number of carbonyl (C=O) groups is 1. The van der Waals surface area contributed by atoms with Crippen molar-refractivity contribution in [2.75, 3.05) is 0 Å². The number of hydrogen-bond donors (Lipinski definition) is 4. The van der Waals surface area contributed by atoms with Gasteiger partial charge in [-0.15, -0.1) is 0 Å². The second-order valence-corrected chi connectivity index (χ2v) is 3.84. The fraction of sp³-hybridized carbons (Fsp3) is 0. The van der Waals surface area contributed by atoms with Crippen LogP contribution in [0.3, 0.4) is 0 Å². The highest BCUT2D eigenvalue weighted by Gasteiger charge is 2.17. The van der Waals surface area contributed by atoms with Crippen LogP contribution in [0.15, 0.2) is 23.0 Å². The van der Waals surface area contributed by atoms with Crippen molar-refractivity contribution in [2.45, 2.75) is 0 Å². The highest BCUT2D eigenvalue weighted by molar-refractivity contribution is 6.00. The molecule has 0 fully saturated rings. The monoisotopic (exact) mass is 265 g/mol. The van der Waals surface area contributed by atoms with E-state index in [1.54, 1.807) is 0 Å². The second kappa shape index (κ2) is 4.13. The van der Waals surface area contributed by atoms with Crippen LogP contribution in [0, 0.1) is 5.82 Å². The summed E-state index contributed by atoms with van der Waals surface area (Å²) in [5, 5.41) is 27.9. The van der Waals surface area contributed by atoms with Gasteiger partial charge < -0.3 is 21.1 Å². The van der Waals surface area contributed by atoms with E-state index in [0.717, 1.165) is 18.2 Å². The Bertz CT molecular complexity index is 772. The summed E-state index contributed by atoms with van der Waals surface area (Å²) >= 11 is 0. The summed E-state index contributed by atoms with van der Waals surface area (Å²) in [6.45, 7) is 0. The molecular formula is C12H8FNO5. The van der Waals surface area contributed by atoms with Gasteiger partial charge in [0.15, 0.2) is 23.1 Å². The summed E-state index contributed by atoms with van der Waals surface area (Å²) in [6, 6.07) is 2.54. The van der Waals surface area contributed by atoms with Crippen LogP contribution in [-0.2, 0) is 0 Å². The van der Waals surface area contributed by atoms with Crippen LogP contribution in [0.25, 0.3) is 10.8 Å². The molecule has 0 saturated carbocycles. The first kappa shape index (κ1) is 12.6. The average Bonchev–Trinajstić information content (AvgIpc) is 2.45. The van der Waals surface area contributed by atoms with Gasteiger partial charge in [-0.2, -0.15) is 0 Å². The molecule has 0 unspecified atom stereocenters. The normalized spacial score (nSPS) is 10.6. The largest absolute Gasteiger partial charge is 0.504 e. The smallest absolute Gasteiger partial charge is 0.248 e. The average molecular weight is 265 g/mol. The van der Waals surface area contributed by atoms with E-state index in [1.165, 1.54) is 0 Å². The predicted octanol–water partition coefficient (Wildman–Crippen LogP) is 0.555. The van der Waals surface area contributed by atoms with Crippen molar-refractivity contribution in [1.82, 2.24) is 0 Å². The number of rotatable bonds is 1. The molecule has 19 heavy (non-hydrogen) atoms. The molecule has 0 aliphatic carbocycles. The Morgan fingerprint density at radius 1 is 1.05 bits per heavy atom. The van der Waals surface area contributed by atoms with Crippen LogP contribution in [0.2, 0.25) is 0 Å². The number of aromatic hydroxyl groups is 3. The molecule has 1 amide bonds. The molecule has 2 rings (SSSR count). The number of halogens is 1. The van der Waals surface area contributed by atoms with Crippen molar-refractivity contribution in [3.05, 3.63) is 39.8 Å². The summed E-state index contributed by atoms with van der Waals surface area (Å²) in [6.07, 6.45) is 0. The Kier molecular flexibility index (Phi) is 2.74. The Balaban J connectivity index is 3.12. The Labute approximate surface area is 105 Å². The first-order valence-corrected chi connectivity index (χ1v) is 5.04. The van der Waals surface area contributed by atoms with Gasteiger partial charge in [-0.1, -0.05) is 0 Å². The minimum absolute atomic E-state index is 0.152. The molecule has 0 radical (unpaired) electrons. The topological polar surface area (TPSA) is 121 Å². The van der Waals surface area contributed by atoms with Gasteiger partial charge in [-0.3, -0.25) is 9.59 Å². The summed E-state index contributed by atoms with van der Waals surface area (Å²) < 4.78 is 13.3. The number of hydrogen-bond acceptors (Lipinski definition) is 5. The van der Waals surface area contributed by atoms with Crippen molar-refractivity contribution < 1.29 is 24.5 Å². The third kappa shape index (κ3) is 1.90. The van der Waals surface area contributed by atoms with Gasteiger partial charge in [0.25, 0.3) is 0 Å². The lowest BCUT2D eigenvalue weighted by Crippen LogP contribution is -2.11. The standard InChI is InChI=1S/C12H8FNO5/c13-6-2-4-1-5(12(14)19)3-7(15)10(17)8(4)11(18)9(6)16/h1-3,16,18H,(H2,14,19)(H,15,17). The summed E-state index contributed by atoms with van der Waals surface area (Å²) in [4.78, 5) is 22.6. The first-order chi connectivity index (χ1) is 8.82. The van der Waals surface area contributed by atoms with E-state index in [0.29, 0.717) is 0 Å². The molecule has 0 saturated heterocycles. The van der Waals surface area contributed by atoms with Crippen LogP contribution in [0.5, 0.6) is 17.2 Å². The zero-order valence-corrected chi connectivity index (χ0v) is 9.35. The van der Waals surface area contributed by atoms with Gasteiger partial charge in [0.05, 0.1) is 5.39 Å². The molecule has 0 bridgehead atoms. The number of phenols is 2. The van der Waals surface area contributed by atoms with E-state index in [9.17, 15) is 29.3 Å². The van der Waals surface area contributed by atoms with E-state index in [2.05, 4.69) is 0 Å². The lowest BCUT2D eigenvalue weighted by molar-refractivity contribution is 0.100. The SMILES string of the molecule is NC(=O)c1cc(=O)c(O)c2c(O)c(O)c(F)cc2c1. The maximum atomic E-state index is 13.3. The van der Waals surface area contributed by atoms with Crippen LogP contribution in [-0.4, -0.2) is 21.2 Å². The van der Waals surface area contributed by atoms with E-state index in [4.69, 9.17) is 5.73 Å². The number of carbonyl (C=O) groups excluding carboxylic acids is 1. The molecule has 0 aliphatic heterocycles. The number of fused-ring (bicyclic) bond motifs is 1. The fourth-order valence-electron chi connectivity index (χ4n) is 1.69. The van der Waals surface area contributed by atoms with E-state index in [1.807, 2.05) is 0 Å². The molecule has 0 atom stereocenters. The molecule has 0 heterocycles. The molecule has 0 spiro atoms. The quantitative estimate of drug-likeness (QED) is 0.561. The van der Waals surface area contributed by atoms with Crippen molar-refractivity contribution in [3.63, 3.8) is 0 Å². The maximum absolute atomic E-state index is 13.3. The minimum Gasteiger partial charge on any atom is -0.504 e. The van der Waals surface area contributed by atoms with Crippen LogP contribution < -0.4 is 11.2 Å². The van der Waals surface area contributed by atoms with Crippen LogP contribution >= 0.6 is 0 Å². The fourth-order valence-corrected chi connectivity index (χ4v) is 1.69. The van der Waals surface area contributed by atoms with Crippen molar-refractivity contribution in [1.29, 1.82) is 0 Å². The molecule has 6 nitrogen and oxygen atoms in total. The molecule has 2 aromatic carbocycles. The van der Waals surface area contributed by atoms with Gasteiger partial charge in [0, 0.05) is 11.6 Å². The molecular weight excluding hydrogens is 257 g/mol. The Morgan fingerprint density at radius 3 is 2.26 bits per heavy atom. The van der Waals surface area contributed by atoms with Crippen molar-refractivity contribution in [2.24, 2.45) is 5.73 Å². The van der Waals surface area contributed by atoms with Gasteiger partial charge in [0.1, 0.15) is 0 Å². The Morgan fingerprint density at radius 2 is 1.68 bits per heavy atom. The van der Waals surface area contributed by atoms with E-state index in [-0.39, 0.29) is 10.9 Å². The highest BCUT2D eigenvalue weighted by Crippen LogP contribution is 2.39. The lowest BCUT2D eigenvalue weighted by Gasteiger charge is -2.03. The Hall–Kier alpha value is -2.83. The molecule has 98 valence electrons. The molecule has 2 aromatic rings. The van der Waals surface area contributed by atoms with E-state index >= 15 is 0 Å². The zero-order valence-electron chi connectivity index (χ0n) is 9.35. The number of nitrogens with two attached hydrogens (primary N) is 1. The van der Waals surface area contributed by atoms with Crippen LogP contribution in [0.4, 0.5) is 4.39 Å². The van der Waals surface area contributed by atoms with Crippen molar-refractivity contribution in [3.8, 4) is 17.2 Å². The maximum Gasteiger partial charge on any atom is 0.248 e. The summed E-state index contributed by atoms with van der Waals surface area (Å²) in [5.41, 5.74) is 3.76. The third-order valence-corrected chi connectivity index (χ3v) is 2.61. The summed E-state index contributed by atoms with van der Waals surface area (Å²) in [5.74, 6) is -5.14. The van der Waals surface area contributed by atoms with Gasteiger partial charge in [-0.25, -0.2) is 4.39 Å². The van der Waals surface area contributed by atoms with Crippen molar-refractivity contribution >= 4 is 16.7 Å². The highest BCUT2D eigenvalue weighted by atomic mass is 19.1. The first-order valence-electron chi connectivity index (χ1n) is 5.04. The number of amides is 1. The zero-order chi connectivity index (χ0) is 14.3. The third-order valence-electron chi connectivity index (χ3n) is 2.61. The number of primary amides is 1. The van der Waals surface area contributed by atoms with Gasteiger partial charge in [0.2, 0.25) is 11.3 Å².